The standard InChI is InChI=1S/C15H12N5O2S/c21-20(22)12-8-6-11(7-9-12)14-18-19-13(16-17-15(19)23-14)10-4-2-1-3-5-10/h1-9,14,18,21H/q-1. The van der Waals surface area contributed by atoms with Crippen molar-refractivity contribution >= 4 is 17.4 Å². The van der Waals surface area contributed by atoms with Crippen LogP contribution in [0.4, 0.5) is 5.69 Å². The van der Waals surface area contributed by atoms with Crippen LogP contribution < -0.4 is 10.7 Å². The second-order valence-electron chi connectivity index (χ2n) is 5.00. The minimum Gasteiger partial charge on any atom is -0.733 e. The van der Waals surface area contributed by atoms with Crippen molar-refractivity contribution in [2.45, 2.75) is 10.5 Å². The van der Waals surface area contributed by atoms with E-state index in [1.54, 1.807) is 36.0 Å². The van der Waals surface area contributed by atoms with Crippen LogP contribution in [0.25, 0.3) is 11.4 Å². The Kier molecular flexibility index (Phi) is 3.41. The Morgan fingerprint density at radius 1 is 1.09 bits per heavy atom. The normalized spacial score (nSPS) is 16.0. The zero-order valence-corrected chi connectivity index (χ0v) is 12.6. The van der Waals surface area contributed by atoms with E-state index >= 15 is 0 Å². The van der Waals surface area contributed by atoms with E-state index in [2.05, 4.69) is 15.6 Å². The highest BCUT2D eigenvalue weighted by molar-refractivity contribution is 7.99. The molecule has 3 aromatic rings. The Labute approximate surface area is 136 Å². The molecule has 0 fully saturated rings. The van der Waals surface area contributed by atoms with E-state index in [1.807, 2.05) is 35.0 Å². The summed E-state index contributed by atoms with van der Waals surface area (Å²) in [6.07, 6.45) is 0. The zero-order valence-electron chi connectivity index (χ0n) is 11.8. The van der Waals surface area contributed by atoms with Crippen molar-refractivity contribution in [3.8, 4) is 11.4 Å². The third-order valence-corrected chi connectivity index (χ3v) is 4.64. The number of rotatable bonds is 3. The maximum atomic E-state index is 10.8. The summed E-state index contributed by atoms with van der Waals surface area (Å²) >= 11 is 1.54. The van der Waals surface area contributed by atoms with Gasteiger partial charge in [-0.05, 0) is 17.7 Å². The lowest BCUT2D eigenvalue weighted by atomic mass is 10.2. The van der Waals surface area contributed by atoms with Crippen LogP contribution in [0.5, 0.6) is 0 Å². The highest BCUT2D eigenvalue weighted by Gasteiger charge is 2.27. The fraction of sp³-hybridized carbons (Fsp3) is 0.0667. The van der Waals surface area contributed by atoms with Gasteiger partial charge >= 0.3 is 0 Å². The molecule has 23 heavy (non-hydrogen) atoms. The monoisotopic (exact) mass is 326 g/mol. The van der Waals surface area contributed by atoms with Crippen LogP contribution in [0.1, 0.15) is 10.9 Å². The predicted molar refractivity (Wildman–Crippen MR) is 87.5 cm³/mol. The summed E-state index contributed by atoms with van der Waals surface area (Å²) < 4.78 is 1.87. The van der Waals surface area contributed by atoms with Gasteiger partial charge in [0.25, 0.3) is 0 Å². The van der Waals surface area contributed by atoms with Crippen LogP contribution in [0.3, 0.4) is 0 Å². The first-order chi connectivity index (χ1) is 11.2. The number of hydrogen-bond acceptors (Lipinski definition) is 7. The molecule has 2 heterocycles. The SMILES string of the molecule is [O-]N(O)c1ccc(C2Nn3c(nnc3-c3ccccc3)S2)cc1. The van der Waals surface area contributed by atoms with Gasteiger partial charge in [-0.15, -0.1) is 10.2 Å². The molecule has 1 aromatic heterocycles. The molecular formula is C15H12N5O2S-. The fourth-order valence-corrected chi connectivity index (χ4v) is 3.40. The Bertz CT molecular complexity index is 820. The summed E-state index contributed by atoms with van der Waals surface area (Å²) in [5, 5.41) is 28.8. The number of fused-ring (bicyclic) bond motifs is 1. The maximum absolute atomic E-state index is 10.8. The molecule has 0 amide bonds. The molecule has 1 aliphatic heterocycles. The molecule has 0 bridgehead atoms. The van der Waals surface area contributed by atoms with Gasteiger partial charge in [-0.1, -0.05) is 54.2 Å². The molecule has 1 unspecified atom stereocenters. The Morgan fingerprint density at radius 3 is 2.52 bits per heavy atom. The summed E-state index contributed by atoms with van der Waals surface area (Å²) in [5.41, 5.74) is 5.50. The molecule has 0 aliphatic carbocycles. The molecule has 0 spiro atoms. The Balaban J connectivity index is 1.60. The van der Waals surface area contributed by atoms with E-state index in [0.717, 1.165) is 22.1 Å². The lowest BCUT2D eigenvalue weighted by Crippen LogP contribution is -2.14. The summed E-state index contributed by atoms with van der Waals surface area (Å²) in [6, 6.07) is 16.6. The molecule has 4 rings (SSSR count). The largest absolute Gasteiger partial charge is 0.733 e. The van der Waals surface area contributed by atoms with E-state index in [0.29, 0.717) is 0 Å². The third-order valence-electron chi connectivity index (χ3n) is 3.55. The van der Waals surface area contributed by atoms with Crippen molar-refractivity contribution < 1.29 is 5.21 Å². The number of nitrogens with zero attached hydrogens (tertiary/aromatic N) is 4. The van der Waals surface area contributed by atoms with Crippen molar-refractivity contribution in [1.29, 1.82) is 0 Å². The van der Waals surface area contributed by atoms with Crippen molar-refractivity contribution in [3.05, 3.63) is 65.4 Å². The molecule has 2 N–H and O–H groups in total. The van der Waals surface area contributed by atoms with E-state index in [4.69, 9.17) is 5.21 Å². The summed E-state index contributed by atoms with van der Waals surface area (Å²) in [6.45, 7) is 0. The minimum atomic E-state index is -0.151. The molecule has 1 aliphatic rings. The molecular weight excluding hydrogens is 314 g/mol. The van der Waals surface area contributed by atoms with Gasteiger partial charge in [0.05, 0.1) is 5.69 Å². The zero-order chi connectivity index (χ0) is 15.8. The highest BCUT2D eigenvalue weighted by Crippen LogP contribution is 2.40. The minimum absolute atomic E-state index is 0.0317. The van der Waals surface area contributed by atoms with E-state index < -0.39 is 0 Å². The van der Waals surface area contributed by atoms with Crippen molar-refractivity contribution in [3.63, 3.8) is 0 Å². The van der Waals surface area contributed by atoms with Crippen LogP contribution in [-0.2, 0) is 0 Å². The number of hydrogen-bond donors (Lipinski definition) is 2. The maximum Gasteiger partial charge on any atom is 0.212 e. The van der Waals surface area contributed by atoms with Crippen LogP contribution in [0.2, 0.25) is 0 Å². The second-order valence-corrected chi connectivity index (χ2v) is 6.07. The summed E-state index contributed by atoms with van der Waals surface area (Å²) in [7, 11) is 0. The fourth-order valence-electron chi connectivity index (χ4n) is 2.41. The van der Waals surface area contributed by atoms with Gasteiger partial charge in [0, 0.05) is 5.56 Å². The molecule has 2 aromatic carbocycles. The average molecular weight is 326 g/mol. The lowest BCUT2D eigenvalue weighted by Gasteiger charge is -2.22. The summed E-state index contributed by atoms with van der Waals surface area (Å²) in [5.74, 6) is 0.758. The first kappa shape index (κ1) is 14.1. The predicted octanol–water partition coefficient (Wildman–Crippen LogP) is 2.99. The van der Waals surface area contributed by atoms with Gasteiger partial charge in [-0.3, -0.25) is 5.21 Å². The molecule has 0 radical (unpaired) electrons. The van der Waals surface area contributed by atoms with Gasteiger partial charge in [0.2, 0.25) is 5.16 Å². The number of benzene rings is 2. The molecule has 1 atom stereocenters. The van der Waals surface area contributed by atoms with E-state index in [1.165, 1.54) is 0 Å². The van der Waals surface area contributed by atoms with Crippen LogP contribution >= 0.6 is 11.8 Å². The van der Waals surface area contributed by atoms with Gasteiger partial charge in [-0.2, -0.15) is 0 Å². The number of nitrogens with one attached hydrogen (secondary N) is 1. The summed E-state index contributed by atoms with van der Waals surface area (Å²) in [4.78, 5) is 0. The van der Waals surface area contributed by atoms with Crippen molar-refractivity contribution in [1.82, 2.24) is 14.9 Å². The van der Waals surface area contributed by atoms with Crippen LogP contribution in [0.15, 0.2) is 59.8 Å². The van der Waals surface area contributed by atoms with E-state index in [-0.39, 0.29) is 16.3 Å². The second kappa shape index (κ2) is 5.58. The van der Waals surface area contributed by atoms with E-state index in [9.17, 15) is 5.21 Å². The number of thioether (sulfide) groups is 1. The highest BCUT2D eigenvalue weighted by atomic mass is 32.2. The van der Waals surface area contributed by atoms with Crippen LogP contribution in [0, 0.1) is 5.21 Å². The first-order valence-corrected chi connectivity index (χ1v) is 7.80. The van der Waals surface area contributed by atoms with Crippen molar-refractivity contribution in [2.24, 2.45) is 0 Å². The number of anilines is 1. The molecule has 8 heteroatoms. The van der Waals surface area contributed by atoms with Gasteiger partial charge < -0.3 is 15.9 Å². The molecule has 0 saturated heterocycles. The topological polar surface area (TPSA) is 89.3 Å². The van der Waals surface area contributed by atoms with Gasteiger partial charge in [-0.25, -0.2) is 4.68 Å². The lowest BCUT2D eigenvalue weighted by molar-refractivity contribution is 0.296. The average Bonchev–Trinajstić information content (AvgIpc) is 3.16. The number of aromatic nitrogens is 3. The molecule has 0 saturated carbocycles. The molecule has 116 valence electrons. The van der Waals surface area contributed by atoms with Crippen LogP contribution in [-0.4, -0.2) is 20.1 Å². The van der Waals surface area contributed by atoms with Gasteiger partial charge in [0.1, 0.15) is 5.37 Å². The van der Waals surface area contributed by atoms with Crippen molar-refractivity contribution in [2.75, 3.05) is 10.7 Å². The third kappa shape index (κ3) is 2.52. The smallest absolute Gasteiger partial charge is 0.212 e. The Morgan fingerprint density at radius 2 is 1.83 bits per heavy atom. The first-order valence-electron chi connectivity index (χ1n) is 6.92. The quantitative estimate of drug-likeness (QED) is 0.715. The Hall–Kier alpha value is -2.55. The molecule has 7 nitrogen and oxygen atoms in total. The van der Waals surface area contributed by atoms with Gasteiger partial charge in [0.15, 0.2) is 5.82 Å².